The van der Waals surface area contributed by atoms with E-state index in [-0.39, 0.29) is 0 Å². The van der Waals surface area contributed by atoms with Gasteiger partial charge in [0.1, 0.15) is 12.4 Å². The Bertz CT molecular complexity index is 613. The molecular weight excluding hydrogens is 302 g/mol. The zero-order chi connectivity index (χ0) is 17.3. The molecular formula is C20H29NO3. The molecule has 24 heavy (non-hydrogen) atoms. The smallest absolute Gasteiger partial charge is 0.311 e. The number of hydrogen-bond acceptors (Lipinski definition) is 3. The van der Waals surface area contributed by atoms with Crippen molar-refractivity contribution in [2.75, 3.05) is 26.2 Å². The van der Waals surface area contributed by atoms with Crippen LogP contribution in [0.2, 0.25) is 0 Å². The van der Waals surface area contributed by atoms with Crippen LogP contribution in [0.3, 0.4) is 0 Å². The number of carboxylic acids is 1. The van der Waals surface area contributed by atoms with Crippen LogP contribution in [0.5, 0.6) is 5.75 Å². The lowest BCUT2D eigenvalue weighted by Gasteiger charge is -2.23. The number of aryl methyl sites for hydroxylation is 1. The van der Waals surface area contributed by atoms with Crippen LogP contribution in [0, 0.1) is 18.3 Å². The topological polar surface area (TPSA) is 49.8 Å². The Kier molecular flexibility index (Phi) is 4.86. The van der Waals surface area contributed by atoms with E-state index in [1.54, 1.807) is 0 Å². The SMILES string of the molecule is Cc1cc(OCCN2C[C@@H]3CCC[C@@]3(C(=O)O)C2)ccc1C(C)C. The van der Waals surface area contributed by atoms with E-state index in [0.717, 1.165) is 38.1 Å². The summed E-state index contributed by atoms with van der Waals surface area (Å²) in [4.78, 5) is 14.0. The number of carboxylic acid groups (broad SMARTS) is 1. The molecule has 1 aliphatic heterocycles. The van der Waals surface area contributed by atoms with Gasteiger partial charge in [0.2, 0.25) is 0 Å². The average molecular weight is 331 g/mol. The van der Waals surface area contributed by atoms with Gasteiger partial charge in [0.05, 0.1) is 5.41 Å². The normalized spacial score (nSPS) is 26.8. The maximum absolute atomic E-state index is 11.7. The first kappa shape index (κ1) is 17.3. The molecule has 0 bridgehead atoms. The number of carbonyl (C=O) groups is 1. The third-order valence-electron chi connectivity index (χ3n) is 5.91. The van der Waals surface area contributed by atoms with E-state index < -0.39 is 11.4 Å². The molecule has 0 aromatic heterocycles. The van der Waals surface area contributed by atoms with E-state index in [0.29, 0.717) is 25.0 Å². The van der Waals surface area contributed by atoms with Crippen molar-refractivity contribution in [3.63, 3.8) is 0 Å². The summed E-state index contributed by atoms with van der Waals surface area (Å²) < 4.78 is 5.91. The van der Waals surface area contributed by atoms with Crippen LogP contribution in [0.15, 0.2) is 18.2 Å². The predicted molar refractivity (Wildman–Crippen MR) is 94.6 cm³/mol. The fraction of sp³-hybridized carbons (Fsp3) is 0.650. The minimum Gasteiger partial charge on any atom is -0.492 e. The van der Waals surface area contributed by atoms with Crippen molar-refractivity contribution in [1.29, 1.82) is 0 Å². The van der Waals surface area contributed by atoms with Crippen molar-refractivity contribution in [1.82, 2.24) is 4.90 Å². The Morgan fingerprint density at radius 3 is 2.88 bits per heavy atom. The Hall–Kier alpha value is -1.55. The van der Waals surface area contributed by atoms with Gasteiger partial charge < -0.3 is 9.84 Å². The van der Waals surface area contributed by atoms with Crippen molar-refractivity contribution in [2.45, 2.75) is 46.0 Å². The summed E-state index contributed by atoms with van der Waals surface area (Å²) in [7, 11) is 0. The highest BCUT2D eigenvalue weighted by Crippen LogP contribution is 2.48. The molecule has 1 aliphatic carbocycles. The second-order valence-corrected chi connectivity index (χ2v) is 7.81. The van der Waals surface area contributed by atoms with Crippen LogP contribution < -0.4 is 4.74 Å². The number of benzene rings is 1. The Balaban J connectivity index is 1.53. The maximum Gasteiger partial charge on any atom is 0.311 e. The molecule has 0 spiro atoms. The summed E-state index contributed by atoms with van der Waals surface area (Å²) >= 11 is 0. The van der Waals surface area contributed by atoms with Crippen molar-refractivity contribution in [3.05, 3.63) is 29.3 Å². The standard InChI is InChI=1S/C20H29NO3/c1-14(2)18-7-6-17(11-15(18)3)24-10-9-21-12-16-5-4-8-20(16,13-21)19(22)23/h6-7,11,14,16H,4-5,8-10,12-13H2,1-3H3,(H,22,23)/t16-,20+/m0/s1. The van der Waals surface area contributed by atoms with E-state index in [4.69, 9.17) is 4.74 Å². The largest absolute Gasteiger partial charge is 0.492 e. The van der Waals surface area contributed by atoms with Crippen LogP contribution in [-0.2, 0) is 4.79 Å². The van der Waals surface area contributed by atoms with E-state index in [9.17, 15) is 9.90 Å². The summed E-state index contributed by atoms with van der Waals surface area (Å²) in [6.45, 7) is 9.53. The number of likely N-dealkylation sites (tertiary alicyclic amines) is 1. The van der Waals surface area contributed by atoms with Crippen LogP contribution in [0.25, 0.3) is 0 Å². The van der Waals surface area contributed by atoms with Gasteiger partial charge in [-0.15, -0.1) is 0 Å². The Morgan fingerprint density at radius 2 is 2.25 bits per heavy atom. The van der Waals surface area contributed by atoms with Crippen molar-refractivity contribution in [2.24, 2.45) is 11.3 Å². The third-order valence-corrected chi connectivity index (χ3v) is 5.91. The average Bonchev–Trinajstić information content (AvgIpc) is 3.04. The number of fused-ring (bicyclic) bond motifs is 1. The fourth-order valence-corrected chi connectivity index (χ4v) is 4.59. The molecule has 4 nitrogen and oxygen atoms in total. The monoisotopic (exact) mass is 331 g/mol. The third kappa shape index (κ3) is 3.16. The van der Waals surface area contributed by atoms with Gasteiger partial charge in [-0.3, -0.25) is 9.69 Å². The summed E-state index contributed by atoms with van der Waals surface area (Å²) in [6, 6.07) is 6.29. The highest BCUT2D eigenvalue weighted by molar-refractivity contribution is 5.76. The van der Waals surface area contributed by atoms with Gasteiger partial charge in [0, 0.05) is 19.6 Å². The molecule has 0 radical (unpaired) electrons. The molecule has 1 aromatic carbocycles. The molecule has 0 unspecified atom stereocenters. The number of rotatable bonds is 6. The van der Waals surface area contributed by atoms with E-state index in [2.05, 4.69) is 37.8 Å². The van der Waals surface area contributed by atoms with Gasteiger partial charge >= 0.3 is 5.97 Å². The van der Waals surface area contributed by atoms with Gasteiger partial charge in [0.25, 0.3) is 0 Å². The summed E-state index contributed by atoms with van der Waals surface area (Å²) in [6.07, 6.45) is 2.95. The van der Waals surface area contributed by atoms with Gasteiger partial charge in [-0.05, 0) is 54.9 Å². The van der Waals surface area contributed by atoms with Crippen LogP contribution >= 0.6 is 0 Å². The number of aliphatic carboxylic acids is 1. The molecule has 4 heteroatoms. The minimum absolute atomic E-state index is 0.322. The Labute approximate surface area is 144 Å². The highest BCUT2D eigenvalue weighted by atomic mass is 16.5. The molecule has 132 valence electrons. The number of hydrogen-bond donors (Lipinski definition) is 1. The zero-order valence-corrected chi connectivity index (χ0v) is 15.0. The molecule has 1 heterocycles. The van der Waals surface area contributed by atoms with Crippen molar-refractivity contribution >= 4 is 5.97 Å². The predicted octanol–water partition coefficient (Wildman–Crippen LogP) is 3.68. The van der Waals surface area contributed by atoms with E-state index >= 15 is 0 Å². The molecule has 2 fully saturated rings. The molecule has 3 rings (SSSR count). The zero-order valence-electron chi connectivity index (χ0n) is 15.0. The molecule has 2 aliphatic rings. The van der Waals surface area contributed by atoms with Gasteiger partial charge in [-0.25, -0.2) is 0 Å². The van der Waals surface area contributed by atoms with Crippen molar-refractivity contribution in [3.8, 4) is 5.75 Å². The second kappa shape index (κ2) is 6.75. The van der Waals surface area contributed by atoms with Crippen LogP contribution in [0.4, 0.5) is 0 Å². The van der Waals surface area contributed by atoms with Crippen molar-refractivity contribution < 1.29 is 14.6 Å². The summed E-state index contributed by atoms with van der Waals surface area (Å²) in [5, 5.41) is 9.64. The first-order valence-electron chi connectivity index (χ1n) is 9.11. The van der Waals surface area contributed by atoms with Gasteiger partial charge in [-0.1, -0.05) is 26.3 Å². The lowest BCUT2D eigenvalue weighted by molar-refractivity contribution is -0.149. The van der Waals surface area contributed by atoms with E-state index in [1.807, 2.05) is 6.07 Å². The summed E-state index contributed by atoms with van der Waals surface area (Å²) in [5.74, 6) is 1.15. The quantitative estimate of drug-likeness (QED) is 0.864. The molecule has 1 N–H and O–H groups in total. The fourth-order valence-electron chi connectivity index (χ4n) is 4.59. The van der Waals surface area contributed by atoms with Gasteiger partial charge in [-0.2, -0.15) is 0 Å². The lowest BCUT2D eigenvalue weighted by atomic mass is 9.81. The molecule has 1 saturated heterocycles. The molecule has 1 aromatic rings. The summed E-state index contributed by atoms with van der Waals surface area (Å²) in [5.41, 5.74) is 2.14. The van der Waals surface area contributed by atoms with Gasteiger partial charge in [0.15, 0.2) is 0 Å². The van der Waals surface area contributed by atoms with E-state index in [1.165, 1.54) is 11.1 Å². The minimum atomic E-state index is -0.603. The maximum atomic E-state index is 11.7. The Morgan fingerprint density at radius 1 is 1.46 bits per heavy atom. The first-order chi connectivity index (χ1) is 11.4. The number of ether oxygens (including phenoxy) is 1. The van der Waals surface area contributed by atoms with Crippen LogP contribution in [0.1, 0.15) is 50.2 Å². The molecule has 2 atom stereocenters. The molecule has 1 saturated carbocycles. The molecule has 0 amide bonds. The second-order valence-electron chi connectivity index (χ2n) is 7.81. The number of nitrogens with zero attached hydrogens (tertiary/aromatic N) is 1. The lowest BCUT2D eigenvalue weighted by Crippen LogP contribution is -2.36. The first-order valence-corrected chi connectivity index (χ1v) is 9.11. The van der Waals surface area contributed by atoms with Crippen LogP contribution in [-0.4, -0.2) is 42.2 Å². The highest BCUT2D eigenvalue weighted by Gasteiger charge is 2.54.